The number of non-ortho nitro benzene ring substituents is 1. The number of fused-ring (bicyclic) bond motifs is 1. The van der Waals surface area contributed by atoms with Crippen LogP contribution in [0.25, 0.3) is 10.2 Å². The number of nitrogens with zero attached hydrogens (tertiary/aromatic N) is 4. The van der Waals surface area contributed by atoms with Gasteiger partial charge in [0.25, 0.3) is 11.6 Å². The normalized spacial score (nSPS) is 14.4. The first-order valence-electron chi connectivity index (χ1n) is 10.8. The number of hydrogen-bond acceptors (Lipinski definition) is 8. The van der Waals surface area contributed by atoms with Crippen LogP contribution >= 0.6 is 11.3 Å². The van der Waals surface area contributed by atoms with Gasteiger partial charge in [0.15, 0.2) is 5.13 Å². The molecule has 174 valence electrons. The highest BCUT2D eigenvalue weighted by molar-refractivity contribution is 7.22. The van der Waals surface area contributed by atoms with Crippen molar-refractivity contribution in [3.05, 3.63) is 57.6 Å². The average Bonchev–Trinajstić information content (AvgIpc) is 3.28. The van der Waals surface area contributed by atoms with E-state index in [0.29, 0.717) is 23.0 Å². The van der Waals surface area contributed by atoms with Crippen molar-refractivity contribution in [2.45, 2.75) is 13.3 Å². The summed E-state index contributed by atoms with van der Waals surface area (Å²) in [5, 5.41) is 11.6. The Morgan fingerprint density at radius 2 is 1.97 bits per heavy atom. The number of rotatable bonds is 8. The highest BCUT2D eigenvalue weighted by Crippen LogP contribution is 2.37. The molecule has 4 rings (SSSR count). The molecule has 0 N–H and O–H groups in total. The Kier molecular flexibility index (Phi) is 7.17. The molecule has 1 fully saturated rings. The topological polar surface area (TPSA) is 98.0 Å². The molecule has 0 radical (unpaired) electrons. The fourth-order valence-corrected chi connectivity index (χ4v) is 4.90. The monoisotopic (exact) mass is 470 g/mol. The van der Waals surface area contributed by atoms with Crippen LogP contribution in [0.3, 0.4) is 0 Å². The molecule has 0 bridgehead atoms. The summed E-state index contributed by atoms with van der Waals surface area (Å²) in [5.74, 6) is 0.428. The highest BCUT2D eigenvalue weighted by Gasteiger charge is 2.24. The Bertz CT molecular complexity index is 1140. The molecule has 10 heteroatoms. The molecule has 0 spiro atoms. The quantitative estimate of drug-likeness (QED) is 0.364. The van der Waals surface area contributed by atoms with E-state index in [1.165, 1.54) is 35.6 Å². The first-order chi connectivity index (χ1) is 16.0. The molecule has 9 nitrogen and oxygen atoms in total. The van der Waals surface area contributed by atoms with E-state index in [9.17, 15) is 14.9 Å². The molecule has 1 aliphatic rings. The maximum atomic E-state index is 13.5. The van der Waals surface area contributed by atoms with Crippen molar-refractivity contribution in [2.24, 2.45) is 0 Å². The van der Waals surface area contributed by atoms with Gasteiger partial charge < -0.3 is 9.47 Å². The number of nitro groups is 1. The minimum atomic E-state index is -0.475. The van der Waals surface area contributed by atoms with Gasteiger partial charge in [0.1, 0.15) is 11.3 Å². The minimum absolute atomic E-state index is 0.0502. The number of thiazole rings is 1. The van der Waals surface area contributed by atoms with Gasteiger partial charge >= 0.3 is 0 Å². The van der Waals surface area contributed by atoms with Crippen LogP contribution in [0.5, 0.6) is 5.75 Å². The zero-order chi connectivity index (χ0) is 23.4. The number of aromatic nitrogens is 1. The second-order valence-electron chi connectivity index (χ2n) is 7.83. The predicted molar refractivity (Wildman–Crippen MR) is 128 cm³/mol. The van der Waals surface area contributed by atoms with E-state index in [1.54, 1.807) is 12.0 Å². The molecule has 3 aromatic rings. The van der Waals surface area contributed by atoms with Gasteiger partial charge in [-0.3, -0.25) is 24.7 Å². The summed E-state index contributed by atoms with van der Waals surface area (Å²) in [6.45, 7) is 6.55. The summed E-state index contributed by atoms with van der Waals surface area (Å²) in [6, 6.07) is 9.55. The summed E-state index contributed by atoms with van der Waals surface area (Å²) in [4.78, 5) is 32.8. The SMILES string of the molecule is COc1ccc(C)c2sc(N(CCCN3CCOCC3)C(=O)c3ccc([N+](=O)[O-])cc3)nc12. The fraction of sp³-hybridized carbons (Fsp3) is 0.391. The minimum Gasteiger partial charge on any atom is -0.494 e. The van der Waals surface area contributed by atoms with Crippen molar-refractivity contribution in [1.82, 2.24) is 9.88 Å². The Balaban J connectivity index is 1.63. The zero-order valence-electron chi connectivity index (χ0n) is 18.7. The third-order valence-electron chi connectivity index (χ3n) is 5.67. The number of amides is 1. The van der Waals surface area contributed by atoms with Crippen molar-refractivity contribution < 1.29 is 19.2 Å². The summed E-state index contributed by atoms with van der Waals surface area (Å²) in [5.41, 5.74) is 2.12. The number of carbonyl (C=O) groups excluding carboxylic acids is 1. The van der Waals surface area contributed by atoms with Gasteiger partial charge in [-0.05, 0) is 37.1 Å². The number of anilines is 1. The van der Waals surface area contributed by atoms with E-state index >= 15 is 0 Å². The van der Waals surface area contributed by atoms with Crippen LogP contribution in [0.4, 0.5) is 10.8 Å². The highest BCUT2D eigenvalue weighted by atomic mass is 32.1. The number of ether oxygens (including phenoxy) is 2. The molecular weight excluding hydrogens is 444 g/mol. The van der Waals surface area contributed by atoms with E-state index < -0.39 is 4.92 Å². The van der Waals surface area contributed by atoms with Crippen molar-refractivity contribution in [2.75, 3.05) is 51.4 Å². The van der Waals surface area contributed by atoms with Crippen molar-refractivity contribution in [3.8, 4) is 5.75 Å². The molecule has 2 aromatic carbocycles. The van der Waals surface area contributed by atoms with Crippen LogP contribution in [-0.4, -0.2) is 67.2 Å². The number of aryl methyl sites for hydroxylation is 1. The second kappa shape index (κ2) is 10.2. The maximum absolute atomic E-state index is 13.5. The molecule has 0 unspecified atom stereocenters. The Morgan fingerprint density at radius 3 is 2.64 bits per heavy atom. The number of morpholine rings is 1. The van der Waals surface area contributed by atoms with E-state index in [-0.39, 0.29) is 11.6 Å². The van der Waals surface area contributed by atoms with Crippen LogP contribution in [0.15, 0.2) is 36.4 Å². The average molecular weight is 471 g/mol. The lowest BCUT2D eigenvalue weighted by Gasteiger charge is -2.27. The van der Waals surface area contributed by atoms with E-state index in [0.717, 1.165) is 55.0 Å². The number of methoxy groups -OCH3 is 1. The molecule has 0 atom stereocenters. The van der Waals surface area contributed by atoms with Gasteiger partial charge in [0.2, 0.25) is 0 Å². The van der Waals surface area contributed by atoms with Crippen molar-refractivity contribution >= 4 is 38.3 Å². The van der Waals surface area contributed by atoms with E-state index in [4.69, 9.17) is 14.5 Å². The van der Waals surface area contributed by atoms with Gasteiger partial charge in [-0.25, -0.2) is 4.98 Å². The Hall–Kier alpha value is -3.08. The lowest BCUT2D eigenvalue weighted by Crippen LogP contribution is -2.39. The summed E-state index contributed by atoms with van der Waals surface area (Å²) in [6.07, 6.45) is 0.769. The largest absolute Gasteiger partial charge is 0.494 e. The number of benzene rings is 2. The first-order valence-corrected chi connectivity index (χ1v) is 11.6. The molecule has 1 amide bonds. The Labute approximate surface area is 195 Å². The van der Waals surface area contributed by atoms with Crippen LogP contribution in [-0.2, 0) is 4.74 Å². The molecule has 33 heavy (non-hydrogen) atoms. The van der Waals surface area contributed by atoms with E-state index in [1.807, 2.05) is 19.1 Å². The molecule has 2 heterocycles. The lowest BCUT2D eigenvalue weighted by atomic mass is 10.2. The third kappa shape index (κ3) is 5.13. The number of nitro benzene ring substituents is 1. The molecule has 1 saturated heterocycles. The van der Waals surface area contributed by atoms with Crippen LogP contribution in [0.1, 0.15) is 22.3 Å². The number of hydrogen-bond donors (Lipinski definition) is 0. The van der Waals surface area contributed by atoms with Crippen LogP contribution in [0, 0.1) is 17.0 Å². The number of carbonyl (C=O) groups is 1. The Morgan fingerprint density at radius 1 is 1.24 bits per heavy atom. The fourth-order valence-electron chi connectivity index (χ4n) is 3.82. The zero-order valence-corrected chi connectivity index (χ0v) is 19.5. The first kappa shape index (κ1) is 23.1. The van der Waals surface area contributed by atoms with Gasteiger partial charge in [-0.15, -0.1) is 0 Å². The summed E-state index contributed by atoms with van der Waals surface area (Å²) in [7, 11) is 1.60. The molecule has 0 aliphatic carbocycles. The van der Waals surface area contributed by atoms with Crippen LogP contribution < -0.4 is 9.64 Å². The molecule has 1 aliphatic heterocycles. The third-order valence-corrected chi connectivity index (χ3v) is 6.89. The lowest BCUT2D eigenvalue weighted by molar-refractivity contribution is -0.384. The smallest absolute Gasteiger partial charge is 0.269 e. The molecule has 1 aromatic heterocycles. The van der Waals surface area contributed by atoms with Gasteiger partial charge in [0.05, 0.1) is 29.9 Å². The van der Waals surface area contributed by atoms with Crippen molar-refractivity contribution in [3.63, 3.8) is 0 Å². The predicted octanol–water partition coefficient (Wildman–Crippen LogP) is 3.89. The van der Waals surface area contributed by atoms with Gasteiger partial charge in [-0.2, -0.15) is 0 Å². The van der Waals surface area contributed by atoms with Gasteiger partial charge in [-0.1, -0.05) is 17.4 Å². The summed E-state index contributed by atoms with van der Waals surface area (Å²) < 4.78 is 11.9. The van der Waals surface area contributed by atoms with E-state index in [2.05, 4.69) is 4.90 Å². The van der Waals surface area contributed by atoms with Gasteiger partial charge in [0, 0.05) is 43.9 Å². The van der Waals surface area contributed by atoms with Crippen LogP contribution in [0.2, 0.25) is 0 Å². The molecular formula is C23H26N4O5S. The molecule has 0 saturated carbocycles. The summed E-state index contributed by atoms with van der Waals surface area (Å²) >= 11 is 1.45. The standard InChI is InChI=1S/C23H26N4O5S/c1-16-4-9-19(31-2)20-21(16)33-23(24-20)26(11-3-10-25-12-14-32-15-13-25)22(28)17-5-7-18(8-6-17)27(29)30/h4-9H,3,10-15H2,1-2H3. The maximum Gasteiger partial charge on any atom is 0.269 e. The second-order valence-corrected chi connectivity index (χ2v) is 8.80. The van der Waals surface area contributed by atoms with Crippen molar-refractivity contribution in [1.29, 1.82) is 0 Å².